The van der Waals surface area contributed by atoms with E-state index >= 15 is 0 Å². The predicted molar refractivity (Wildman–Crippen MR) is 123 cm³/mol. The average molecular weight is 475 g/mol. The van der Waals surface area contributed by atoms with Crippen molar-refractivity contribution in [1.29, 1.82) is 0 Å². The molecular weight excluding hydrogens is 454 g/mol. The number of rotatable bonds is 5. The van der Waals surface area contributed by atoms with Gasteiger partial charge in [0.15, 0.2) is 5.54 Å². The quantitative estimate of drug-likeness (QED) is 0.287. The van der Waals surface area contributed by atoms with E-state index in [-0.39, 0.29) is 5.02 Å². The van der Waals surface area contributed by atoms with E-state index in [1.165, 1.54) is 19.2 Å². The van der Waals surface area contributed by atoms with E-state index in [2.05, 4.69) is 9.97 Å². The van der Waals surface area contributed by atoms with Crippen molar-refractivity contribution in [1.82, 2.24) is 19.7 Å². The molecule has 6 nitrogen and oxygen atoms in total. The highest BCUT2D eigenvalue weighted by molar-refractivity contribution is 6.36. The molecule has 3 aromatic heterocycles. The number of fused-ring (bicyclic) bond motifs is 1. The number of nitrogens with one attached hydrogen (secondary N) is 1. The van der Waals surface area contributed by atoms with E-state index in [1.54, 1.807) is 37.1 Å². The second kappa shape index (κ2) is 8.22. The summed E-state index contributed by atoms with van der Waals surface area (Å²) in [5, 5.41) is 5.91. The molecule has 0 fully saturated rings. The second-order valence-electron chi connectivity index (χ2n) is 8.04. The molecule has 1 atom stereocenters. The molecule has 0 saturated heterocycles. The molecule has 4 rings (SSSR count). The number of nitrogens with zero attached hydrogens (tertiary/aromatic N) is 3. The van der Waals surface area contributed by atoms with Crippen LogP contribution in [0.15, 0.2) is 42.9 Å². The zero-order chi connectivity index (χ0) is 23.2. The lowest BCUT2D eigenvalue weighted by Gasteiger charge is -2.22. The van der Waals surface area contributed by atoms with Gasteiger partial charge in [0.1, 0.15) is 11.5 Å². The number of pyridine rings is 1. The number of methoxy groups -OCH3 is 1. The summed E-state index contributed by atoms with van der Waals surface area (Å²) in [5.41, 5.74) is 2.18. The highest BCUT2D eigenvalue weighted by atomic mass is 35.5. The van der Waals surface area contributed by atoms with Crippen molar-refractivity contribution in [2.45, 2.75) is 32.2 Å². The van der Waals surface area contributed by atoms with E-state index in [9.17, 15) is 9.18 Å². The van der Waals surface area contributed by atoms with Crippen LogP contribution in [0.4, 0.5) is 4.39 Å². The number of esters is 1. The van der Waals surface area contributed by atoms with E-state index in [4.69, 9.17) is 33.0 Å². The highest BCUT2D eigenvalue weighted by Gasteiger charge is 2.34. The molecule has 1 unspecified atom stereocenters. The van der Waals surface area contributed by atoms with Crippen LogP contribution in [0.3, 0.4) is 0 Å². The molecule has 166 valence electrons. The third-order valence-electron chi connectivity index (χ3n) is 5.63. The third-order valence-corrected chi connectivity index (χ3v) is 6.35. The zero-order valence-corrected chi connectivity index (χ0v) is 19.4. The lowest BCUT2D eigenvalue weighted by molar-refractivity contribution is -0.150. The minimum atomic E-state index is -1.08. The number of ether oxygens (including phenoxy) is 1. The van der Waals surface area contributed by atoms with Gasteiger partial charge in [0.2, 0.25) is 0 Å². The minimum Gasteiger partial charge on any atom is -0.467 e. The van der Waals surface area contributed by atoms with Crippen molar-refractivity contribution in [2.75, 3.05) is 7.11 Å². The van der Waals surface area contributed by atoms with Crippen LogP contribution in [-0.4, -0.2) is 32.8 Å². The van der Waals surface area contributed by atoms with Crippen LogP contribution in [0, 0.1) is 5.82 Å². The summed E-state index contributed by atoms with van der Waals surface area (Å²) >= 11 is 12.7. The maximum Gasteiger partial charge on any atom is 0.333 e. The van der Waals surface area contributed by atoms with Gasteiger partial charge in [-0.05, 0) is 38.1 Å². The van der Waals surface area contributed by atoms with Crippen LogP contribution in [0.1, 0.15) is 37.9 Å². The number of carbonyl (C=O) groups excluding carboxylic acids is 1. The smallest absolute Gasteiger partial charge is 0.333 e. The topological polar surface area (TPSA) is 72.8 Å². The monoisotopic (exact) mass is 474 g/mol. The van der Waals surface area contributed by atoms with Gasteiger partial charge in [-0.2, -0.15) is 5.10 Å². The van der Waals surface area contributed by atoms with E-state index < -0.39 is 23.2 Å². The molecule has 1 N–H and O–H groups in total. The molecule has 4 aromatic rings. The number of aromatic nitrogens is 4. The van der Waals surface area contributed by atoms with Crippen molar-refractivity contribution in [3.63, 3.8) is 0 Å². The van der Waals surface area contributed by atoms with Crippen LogP contribution < -0.4 is 0 Å². The summed E-state index contributed by atoms with van der Waals surface area (Å²) in [7, 11) is 1.33. The molecule has 32 heavy (non-hydrogen) atoms. The fourth-order valence-corrected chi connectivity index (χ4v) is 4.42. The summed E-state index contributed by atoms with van der Waals surface area (Å²) < 4.78 is 20.8. The van der Waals surface area contributed by atoms with Crippen molar-refractivity contribution >= 4 is 40.2 Å². The summed E-state index contributed by atoms with van der Waals surface area (Å²) in [6, 6.07) is 6.58. The normalized spacial score (nSPS) is 12.8. The molecule has 0 spiro atoms. The Kier molecular flexibility index (Phi) is 5.73. The van der Waals surface area contributed by atoms with E-state index in [0.717, 1.165) is 22.2 Å². The molecule has 0 radical (unpaired) electrons. The number of aromatic amines is 1. The van der Waals surface area contributed by atoms with Crippen LogP contribution >= 0.6 is 23.2 Å². The average Bonchev–Trinajstić information content (AvgIpc) is 3.42. The largest absolute Gasteiger partial charge is 0.467 e. The van der Waals surface area contributed by atoms with Crippen LogP contribution in [-0.2, 0) is 15.1 Å². The molecule has 0 amide bonds. The Morgan fingerprint density at radius 3 is 2.75 bits per heavy atom. The van der Waals surface area contributed by atoms with Gasteiger partial charge in [-0.15, -0.1) is 0 Å². The Hall–Kier alpha value is -2.90. The fraction of sp³-hybridized carbons (Fsp3) is 0.261. The Bertz CT molecular complexity index is 1330. The van der Waals surface area contributed by atoms with Crippen molar-refractivity contribution in [3.8, 4) is 11.1 Å². The lowest BCUT2D eigenvalue weighted by Crippen LogP contribution is -2.37. The molecule has 0 aliphatic rings. The summed E-state index contributed by atoms with van der Waals surface area (Å²) in [6.45, 7) is 5.26. The van der Waals surface area contributed by atoms with Gasteiger partial charge < -0.3 is 9.72 Å². The number of benzene rings is 1. The number of H-pyrrole nitrogens is 1. The fourth-order valence-electron chi connectivity index (χ4n) is 3.72. The maximum absolute atomic E-state index is 14.3. The van der Waals surface area contributed by atoms with Crippen molar-refractivity contribution < 1.29 is 13.9 Å². The van der Waals surface area contributed by atoms with Gasteiger partial charge in [0, 0.05) is 51.6 Å². The maximum atomic E-state index is 14.3. The molecule has 9 heteroatoms. The van der Waals surface area contributed by atoms with Crippen molar-refractivity contribution in [2.24, 2.45) is 0 Å². The zero-order valence-electron chi connectivity index (χ0n) is 17.9. The molecule has 0 bridgehead atoms. The van der Waals surface area contributed by atoms with Gasteiger partial charge in [0.25, 0.3) is 0 Å². The SMILES string of the molecule is COC(=O)C(C)(C)n1cc(-c2cnc3[nH]ccc3c2)c(C(C)c2c(Cl)ccc(F)c2Cl)n1. The molecule has 0 aliphatic carbocycles. The van der Waals surface area contributed by atoms with Gasteiger partial charge in [-0.3, -0.25) is 4.68 Å². The molecular formula is C23H21Cl2FN4O2. The van der Waals surface area contributed by atoms with Crippen LogP contribution in [0.2, 0.25) is 10.0 Å². The first-order valence-corrected chi connectivity index (χ1v) is 10.7. The summed E-state index contributed by atoms with van der Waals surface area (Å²) in [4.78, 5) is 20.0. The first kappa shape index (κ1) is 22.3. The van der Waals surface area contributed by atoms with Gasteiger partial charge >= 0.3 is 5.97 Å². The van der Waals surface area contributed by atoms with Crippen LogP contribution in [0.25, 0.3) is 22.2 Å². The Labute approximate surface area is 194 Å². The van der Waals surface area contributed by atoms with E-state index in [1.807, 2.05) is 19.1 Å². The van der Waals surface area contributed by atoms with Gasteiger partial charge in [-0.1, -0.05) is 30.1 Å². The number of carbonyl (C=O) groups is 1. The molecule has 0 aliphatic heterocycles. The first-order chi connectivity index (χ1) is 15.1. The van der Waals surface area contributed by atoms with Gasteiger partial charge in [-0.25, -0.2) is 14.2 Å². The summed E-state index contributed by atoms with van der Waals surface area (Å²) in [5.74, 6) is -1.49. The Morgan fingerprint density at radius 2 is 2.03 bits per heavy atom. The molecule has 1 aromatic carbocycles. The van der Waals surface area contributed by atoms with E-state index in [0.29, 0.717) is 16.3 Å². The number of hydrogen-bond donors (Lipinski definition) is 1. The first-order valence-electron chi connectivity index (χ1n) is 9.90. The van der Waals surface area contributed by atoms with Crippen LogP contribution in [0.5, 0.6) is 0 Å². The minimum absolute atomic E-state index is 0.0584. The van der Waals surface area contributed by atoms with Crippen molar-refractivity contribution in [3.05, 3.63) is 70.0 Å². The number of halogens is 3. The molecule has 0 saturated carbocycles. The second-order valence-corrected chi connectivity index (χ2v) is 8.83. The third kappa shape index (κ3) is 3.65. The highest BCUT2D eigenvalue weighted by Crippen LogP contribution is 2.40. The van der Waals surface area contributed by atoms with Gasteiger partial charge in [0.05, 0.1) is 17.8 Å². The standard InChI is InChI=1S/C23H21Cl2FN4O2/c1-12(18-16(24)5-6-17(26)19(18)25)20-15(11-30(29-20)23(2,3)22(31)32-4)14-9-13-7-8-27-21(13)28-10-14/h5-12H,1-4H3,(H,27,28). The number of hydrogen-bond acceptors (Lipinski definition) is 4. The predicted octanol–water partition coefficient (Wildman–Crippen LogP) is 5.93. The Balaban J connectivity index is 1.94. The summed E-state index contributed by atoms with van der Waals surface area (Å²) in [6.07, 6.45) is 5.29. The Morgan fingerprint density at radius 1 is 1.28 bits per heavy atom. The lowest BCUT2D eigenvalue weighted by atomic mass is 9.93. The molecule has 3 heterocycles.